The molecule has 0 aliphatic carbocycles. The zero-order valence-corrected chi connectivity index (χ0v) is 20.9. The summed E-state index contributed by atoms with van der Waals surface area (Å²) in [7, 11) is 1.94. The second kappa shape index (κ2) is 10.2. The van der Waals surface area contributed by atoms with E-state index in [0.717, 1.165) is 16.5 Å². The Bertz CT molecular complexity index is 1460. The summed E-state index contributed by atoms with van der Waals surface area (Å²) in [5.74, 6) is -0.365. The highest BCUT2D eigenvalue weighted by Gasteiger charge is 2.25. The fourth-order valence-electron chi connectivity index (χ4n) is 4.16. The Balaban J connectivity index is 1.49. The Kier molecular flexibility index (Phi) is 7.10. The summed E-state index contributed by atoms with van der Waals surface area (Å²) in [4.78, 5) is 42.7. The van der Waals surface area contributed by atoms with Gasteiger partial charge in [-0.2, -0.15) is 0 Å². The summed E-state index contributed by atoms with van der Waals surface area (Å²) < 4.78 is 8.84. The Morgan fingerprint density at radius 3 is 2.50 bits per heavy atom. The average molecular weight is 490 g/mol. The van der Waals surface area contributed by atoms with Gasteiger partial charge in [-0.1, -0.05) is 30.3 Å². The van der Waals surface area contributed by atoms with Crippen LogP contribution in [0.1, 0.15) is 26.3 Å². The van der Waals surface area contributed by atoms with Crippen molar-refractivity contribution in [2.75, 3.05) is 6.54 Å². The molecule has 4 rings (SSSR count). The molecule has 2 N–H and O–H groups in total. The van der Waals surface area contributed by atoms with Crippen molar-refractivity contribution in [1.82, 2.24) is 24.8 Å². The van der Waals surface area contributed by atoms with E-state index in [-0.39, 0.29) is 31.0 Å². The van der Waals surface area contributed by atoms with Gasteiger partial charge in [0, 0.05) is 43.7 Å². The van der Waals surface area contributed by atoms with Crippen LogP contribution in [0, 0.1) is 0 Å². The van der Waals surface area contributed by atoms with E-state index in [9.17, 15) is 14.4 Å². The van der Waals surface area contributed by atoms with Crippen LogP contribution in [0.25, 0.3) is 21.8 Å². The van der Waals surface area contributed by atoms with E-state index in [1.807, 2.05) is 48.1 Å². The Labute approximate surface area is 209 Å². The normalized spacial score (nSPS) is 12.4. The number of alkyl carbamates (subject to hydrolysis) is 1. The minimum absolute atomic E-state index is 0.172. The number of aromatic nitrogens is 3. The van der Waals surface area contributed by atoms with E-state index in [0.29, 0.717) is 10.9 Å². The van der Waals surface area contributed by atoms with Crippen LogP contribution in [0.4, 0.5) is 4.79 Å². The third kappa shape index (κ3) is 5.73. The summed E-state index contributed by atoms with van der Waals surface area (Å²) in [5, 5.41) is 7.09. The van der Waals surface area contributed by atoms with Crippen molar-refractivity contribution in [3.63, 3.8) is 0 Å². The number of rotatable bonds is 7. The first-order valence-corrected chi connectivity index (χ1v) is 11.9. The van der Waals surface area contributed by atoms with Crippen molar-refractivity contribution in [2.45, 2.75) is 45.4 Å². The molecule has 4 aromatic rings. The Morgan fingerprint density at radius 1 is 1.06 bits per heavy atom. The number of nitrogens with one attached hydrogen (secondary N) is 2. The lowest BCUT2D eigenvalue weighted by Crippen LogP contribution is -2.50. The molecule has 188 valence electrons. The van der Waals surface area contributed by atoms with Gasteiger partial charge in [-0.15, -0.1) is 0 Å². The van der Waals surface area contributed by atoms with Crippen LogP contribution in [0.15, 0.2) is 65.8 Å². The molecule has 2 amide bonds. The van der Waals surface area contributed by atoms with Crippen LogP contribution in [-0.4, -0.2) is 44.3 Å². The molecule has 0 aliphatic rings. The van der Waals surface area contributed by atoms with E-state index in [4.69, 9.17) is 4.74 Å². The van der Waals surface area contributed by atoms with Crippen LogP contribution >= 0.6 is 0 Å². The predicted octanol–water partition coefficient (Wildman–Crippen LogP) is 3.14. The van der Waals surface area contributed by atoms with E-state index in [1.165, 1.54) is 10.9 Å². The lowest BCUT2D eigenvalue weighted by molar-refractivity contribution is -0.123. The summed E-state index contributed by atoms with van der Waals surface area (Å²) in [5.41, 5.74) is 1.72. The van der Waals surface area contributed by atoms with Crippen LogP contribution in [0.2, 0.25) is 0 Å². The van der Waals surface area contributed by atoms with Crippen LogP contribution < -0.4 is 16.2 Å². The molecule has 2 heterocycles. The van der Waals surface area contributed by atoms with Crippen LogP contribution in [0.3, 0.4) is 0 Å². The largest absolute Gasteiger partial charge is 0.444 e. The first-order chi connectivity index (χ1) is 17.1. The molecule has 2 aromatic heterocycles. The summed E-state index contributed by atoms with van der Waals surface area (Å²) in [6, 6.07) is 14.2. The fraction of sp³-hybridized carbons (Fsp3) is 0.333. The molecule has 2 aromatic carbocycles. The molecule has 0 aliphatic heterocycles. The van der Waals surface area contributed by atoms with Gasteiger partial charge in [0.05, 0.1) is 17.2 Å². The number of fused-ring (bicyclic) bond motifs is 2. The Hall–Kier alpha value is -4.14. The summed E-state index contributed by atoms with van der Waals surface area (Å²) in [6.45, 7) is 5.74. The van der Waals surface area contributed by atoms with Gasteiger partial charge >= 0.3 is 6.09 Å². The minimum Gasteiger partial charge on any atom is -0.444 e. The lowest BCUT2D eigenvalue weighted by atomic mass is 10.0. The van der Waals surface area contributed by atoms with Crippen molar-refractivity contribution in [2.24, 2.45) is 7.05 Å². The van der Waals surface area contributed by atoms with Crippen molar-refractivity contribution < 1.29 is 14.3 Å². The molecule has 36 heavy (non-hydrogen) atoms. The predicted molar refractivity (Wildman–Crippen MR) is 139 cm³/mol. The number of hydrogen-bond acceptors (Lipinski definition) is 5. The molecular weight excluding hydrogens is 458 g/mol. The topological polar surface area (TPSA) is 107 Å². The van der Waals surface area contributed by atoms with Crippen LogP contribution in [-0.2, 0) is 29.5 Å². The molecule has 0 saturated carbocycles. The molecule has 0 saturated heterocycles. The number of hydrogen-bond donors (Lipinski definition) is 2. The molecule has 1 atom stereocenters. The standard InChI is InChI=1S/C27H31N5O4/c1-27(2,3)36-26(35)30-22(15-18-16-31(4)23-12-8-6-9-19(18)23)24(33)28-13-14-32-17-29-21-11-7-5-10-20(21)25(32)34/h5-12,16-17,22H,13-15H2,1-4H3,(H,28,33)(H,30,35)/t22-/m1/s1. The smallest absolute Gasteiger partial charge is 0.408 e. The molecule has 9 heteroatoms. The number of amides is 2. The van der Waals surface area contributed by atoms with Crippen LogP contribution in [0.5, 0.6) is 0 Å². The highest BCUT2D eigenvalue weighted by Crippen LogP contribution is 2.22. The molecule has 0 unspecified atom stereocenters. The molecule has 0 fully saturated rings. The van der Waals surface area contributed by atoms with E-state index in [1.54, 1.807) is 39.0 Å². The zero-order valence-electron chi connectivity index (χ0n) is 20.9. The molecule has 0 radical (unpaired) electrons. The SMILES string of the molecule is Cn1cc(C[C@@H](NC(=O)OC(C)(C)C)C(=O)NCCn2cnc3ccccc3c2=O)c2ccccc21. The van der Waals surface area contributed by atoms with Gasteiger partial charge in [0.15, 0.2) is 0 Å². The highest BCUT2D eigenvalue weighted by molar-refractivity contribution is 5.88. The number of aryl methyl sites for hydroxylation is 1. The number of ether oxygens (including phenoxy) is 1. The molecule has 0 spiro atoms. The maximum absolute atomic E-state index is 13.2. The van der Waals surface area contributed by atoms with Gasteiger partial charge in [-0.25, -0.2) is 9.78 Å². The van der Waals surface area contributed by atoms with E-state index < -0.39 is 17.7 Å². The minimum atomic E-state index is -0.864. The Morgan fingerprint density at radius 2 is 1.75 bits per heavy atom. The fourth-order valence-corrected chi connectivity index (χ4v) is 4.16. The number of nitrogens with zero attached hydrogens (tertiary/aromatic N) is 3. The van der Waals surface area contributed by atoms with Crippen molar-refractivity contribution in [1.29, 1.82) is 0 Å². The van der Waals surface area contributed by atoms with Gasteiger partial charge in [0.25, 0.3) is 5.56 Å². The zero-order chi connectivity index (χ0) is 25.9. The second-order valence-electron chi connectivity index (χ2n) is 9.74. The van der Waals surface area contributed by atoms with Crippen molar-refractivity contribution in [3.05, 3.63) is 77.0 Å². The molecular formula is C27H31N5O4. The van der Waals surface area contributed by atoms with Gasteiger partial charge in [-0.3, -0.25) is 14.2 Å². The van der Waals surface area contributed by atoms with Crippen molar-refractivity contribution in [3.8, 4) is 0 Å². The summed E-state index contributed by atoms with van der Waals surface area (Å²) in [6.07, 6.45) is 3.05. The first-order valence-electron chi connectivity index (χ1n) is 11.9. The molecule has 0 bridgehead atoms. The second-order valence-corrected chi connectivity index (χ2v) is 9.74. The number of para-hydroxylation sites is 2. The maximum Gasteiger partial charge on any atom is 0.408 e. The monoisotopic (exact) mass is 489 g/mol. The quantitative estimate of drug-likeness (QED) is 0.415. The van der Waals surface area contributed by atoms with E-state index in [2.05, 4.69) is 15.6 Å². The third-order valence-corrected chi connectivity index (χ3v) is 5.79. The van der Waals surface area contributed by atoms with Gasteiger partial charge in [-0.05, 0) is 44.5 Å². The van der Waals surface area contributed by atoms with Crippen molar-refractivity contribution >= 4 is 33.8 Å². The molecule has 9 nitrogen and oxygen atoms in total. The van der Waals surface area contributed by atoms with Gasteiger partial charge in [0.1, 0.15) is 11.6 Å². The lowest BCUT2D eigenvalue weighted by Gasteiger charge is -2.23. The number of carbonyl (C=O) groups excluding carboxylic acids is 2. The highest BCUT2D eigenvalue weighted by atomic mass is 16.6. The first kappa shape index (κ1) is 25.0. The number of carbonyl (C=O) groups is 2. The maximum atomic E-state index is 13.2. The van der Waals surface area contributed by atoms with Gasteiger partial charge in [0.2, 0.25) is 5.91 Å². The van der Waals surface area contributed by atoms with Gasteiger partial charge < -0.3 is 19.9 Å². The summed E-state index contributed by atoms with van der Waals surface area (Å²) >= 11 is 0. The average Bonchev–Trinajstić information content (AvgIpc) is 3.14. The van der Waals surface area contributed by atoms with E-state index >= 15 is 0 Å². The number of benzene rings is 2. The third-order valence-electron chi connectivity index (χ3n) is 5.79.